The quantitative estimate of drug-likeness (QED) is 0.850. The summed E-state index contributed by atoms with van der Waals surface area (Å²) in [6.07, 6.45) is 3.12. The van der Waals surface area contributed by atoms with Crippen LogP contribution in [-0.4, -0.2) is 35.0 Å². The molecule has 0 saturated carbocycles. The Morgan fingerprint density at radius 1 is 1.41 bits per heavy atom. The molecule has 0 radical (unpaired) electrons. The van der Waals surface area contributed by atoms with E-state index in [4.69, 9.17) is 0 Å². The Kier molecular flexibility index (Phi) is 5.36. The molecular formula is C18H23NO3. The fourth-order valence-electron chi connectivity index (χ4n) is 3.36. The summed E-state index contributed by atoms with van der Waals surface area (Å²) in [5, 5.41) is 9.38. The zero-order valence-corrected chi connectivity index (χ0v) is 12.9. The minimum atomic E-state index is -0.748. The van der Waals surface area contributed by atoms with Gasteiger partial charge in [0.15, 0.2) is 0 Å². The predicted molar refractivity (Wildman–Crippen MR) is 85.6 cm³/mol. The second-order valence-corrected chi connectivity index (χ2v) is 5.82. The van der Waals surface area contributed by atoms with Crippen molar-refractivity contribution in [2.24, 2.45) is 17.8 Å². The summed E-state index contributed by atoms with van der Waals surface area (Å²) in [6, 6.07) is 9.20. The van der Waals surface area contributed by atoms with Gasteiger partial charge in [-0.25, -0.2) is 0 Å². The number of hydrogen-bond donors (Lipinski definition) is 1. The first-order chi connectivity index (χ1) is 10.6. The molecule has 0 aromatic heterocycles. The van der Waals surface area contributed by atoms with E-state index in [1.165, 1.54) is 0 Å². The molecule has 1 saturated heterocycles. The SMILES string of the molecule is C=C[C@H]1CN(C(=O)c2ccccc2)CCC1C(CC)C(=O)O. The monoisotopic (exact) mass is 301 g/mol. The minimum Gasteiger partial charge on any atom is -0.481 e. The molecule has 4 nitrogen and oxygen atoms in total. The second-order valence-electron chi connectivity index (χ2n) is 5.82. The topological polar surface area (TPSA) is 57.6 Å². The highest BCUT2D eigenvalue weighted by Crippen LogP contribution is 2.33. The molecular weight excluding hydrogens is 278 g/mol. The van der Waals surface area contributed by atoms with Crippen LogP contribution in [0.15, 0.2) is 43.0 Å². The van der Waals surface area contributed by atoms with Gasteiger partial charge < -0.3 is 10.0 Å². The minimum absolute atomic E-state index is 0.00859. The van der Waals surface area contributed by atoms with Crippen LogP contribution in [0.4, 0.5) is 0 Å². The van der Waals surface area contributed by atoms with Crippen LogP contribution in [0, 0.1) is 17.8 Å². The first kappa shape index (κ1) is 16.3. The number of amides is 1. The molecule has 1 aromatic carbocycles. The Morgan fingerprint density at radius 2 is 2.09 bits per heavy atom. The van der Waals surface area contributed by atoms with Gasteiger partial charge in [0.1, 0.15) is 0 Å². The zero-order valence-electron chi connectivity index (χ0n) is 12.9. The van der Waals surface area contributed by atoms with E-state index >= 15 is 0 Å². The summed E-state index contributed by atoms with van der Waals surface area (Å²) >= 11 is 0. The molecule has 4 heteroatoms. The van der Waals surface area contributed by atoms with Gasteiger partial charge in [-0.2, -0.15) is 0 Å². The molecule has 2 rings (SSSR count). The Bertz CT molecular complexity index is 541. The molecule has 1 aliphatic rings. The molecule has 0 bridgehead atoms. The largest absolute Gasteiger partial charge is 0.481 e. The van der Waals surface area contributed by atoms with Crippen molar-refractivity contribution in [3.63, 3.8) is 0 Å². The summed E-state index contributed by atoms with van der Waals surface area (Å²) in [7, 11) is 0. The molecule has 1 aromatic rings. The maximum absolute atomic E-state index is 12.5. The lowest BCUT2D eigenvalue weighted by Crippen LogP contribution is -2.46. The summed E-state index contributed by atoms with van der Waals surface area (Å²) in [6.45, 7) is 6.90. The lowest BCUT2D eigenvalue weighted by Gasteiger charge is -2.39. The van der Waals surface area contributed by atoms with Gasteiger partial charge in [0.2, 0.25) is 0 Å². The highest BCUT2D eigenvalue weighted by atomic mass is 16.4. The molecule has 0 aliphatic carbocycles. The van der Waals surface area contributed by atoms with Gasteiger partial charge in [0.05, 0.1) is 5.92 Å². The van der Waals surface area contributed by atoms with Crippen molar-refractivity contribution < 1.29 is 14.7 Å². The van der Waals surface area contributed by atoms with Gasteiger partial charge in [-0.05, 0) is 36.8 Å². The van der Waals surface area contributed by atoms with Crippen molar-refractivity contribution in [3.8, 4) is 0 Å². The van der Waals surface area contributed by atoms with E-state index in [2.05, 4.69) is 6.58 Å². The van der Waals surface area contributed by atoms with E-state index in [0.717, 1.165) is 0 Å². The molecule has 1 amide bonds. The van der Waals surface area contributed by atoms with E-state index in [9.17, 15) is 14.7 Å². The number of rotatable bonds is 5. The van der Waals surface area contributed by atoms with Crippen molar-refractivity contribution in [2.75, 3.05) is 13.1 Å². The third kappa shape index (κ3) is 3.38. The van der Waals surface area contributed by atoms with Crippen LogP contribution in [0.1, 0.15) is 30.1 Å². The molecule has 1 fully saturated rings. The zero-order chi connectivity index (χ0) is 16.1. The molecule has 1 aliphatic heterocycles. The fourth-order valence-corrected chi connectivity index (χ4v) is 3.36. The number of carbonyl (C=O) groups excluding carboxylic acids is 1. The Labute approximate surface area is 131 Å². The van der Waals surface area contributed by atoms with Crippen LogP contribution in [-0.2, 0) is 4.79 Å². The highest BCUT2D eigenvalue weighted by molar-refractivity contribution is 5.94. The molecule has 1 heterocycles. The normalized spacial score (nSPS) is 22.9. The third-order valence-electron chi connectivity index (χ3n) is 4.60. The van der Waals surface area contributed by atoms with Crippen LogP contribution < -0.4 is 0 Å². The molecule has 1 N–H and O–H groups in total. The molecule has 3 atom stereocenters. The maximum Gasteiger partial charge on any atom is 0.306 e. The fraction of sp³-hybridized carbons (Fsp3) is 0.444. The number of piperidine rings is 1. The van der Waals surface area contributed by atoms with Gasteiger partial charge in [0.25, 0.3) is 5.91 Å². The van der Waals surface area contributed by atoms with Crippen molar-refractivity contribution >= 4 is 11.9 Å². The Balaban J connectivity index is 2.11. The van der Waals surface area contributed by atoms with Gasteiger partial charge in [-0.15, -0.1) is 6.58 Å². The van der Waals surface area contributed by atoms with Crippen molar-refractivity contribution in [1.29, 1.82) is 0 Å². The number of nitrogens with zero attached hydrogens (tertiary/aromatic N) is 1. The van der Waals surface area contributed by atoms with Gasteiger partial charge in [-0.1, -0.05) is 31.2 Å². The first-order valence-electron chi connectivity index (χ1n) is 7.78. The molecule has 2 unspecified atom stereocenters. The first-order valence-corrected chi connectivity index (χ1v) is 7.78. The van der Waals surface area contributed by atoms with Crippen LogP contribution >= 0.6 is 0 Å². The van der Waals surface area contributed by atoms with E-state index in [1.54, 1.807) is 6.08 Å². The summed E-state index contributed by atoms with van der Waals surface area (Å²) in [4.78, 5) is 25.7. The van der Waals surface area contributed by atoms with Crippen molar-refractivity contribution in [2.45, 2.75) is 19.8 Å². The van der Waals surface area contributed by atoms with Gasteiger partial charge in [-0.3, -0.25) is 9.59 Å². The number of carboxylic acids is 1. The van der Waals surface area contributed by atoms with Crippen LogP contribution in [0.3, 0.4) is 0 Å². The summed E-state index contributed by atoms with van der Waals surface area (Å²) < 4.78 is 0. The predicted octanol–water partition coefficient (Wildman–Crippen LogP) is 3.06. The average molecular weight is 301 g/mol. The van der Waals surface area contributed by atoms with Crippen molar-refractivity contribution in [3.05, 3.63) is 48.6 Å². The van der Waals surface area contributed by atoms with Gasteiger partial charge >= 0.3 is 5.97 Å². The number of hydrogen-bond acceptors (Lipinski definition) is 2. The number of aliphatic carboxylic acids is 1. The van der Waals surface area contributed by atoms with E-state index in [-0.39, 0.29) is 23.7 Å². The van der Waals surface area contributed by atoms with E-state index in [0.29, 0.717) is 31.5 Å². The third-order valence-corrected chi connectivity index (χ3v) is 4.60. The molecule has 0 spiro atoms. The Hall–Kier alpha value is -2.10. The summed E-state index contributed by atoms with van der Waals surface area (Å²) in [5.41, 5.74) is 0.675. The highest BCUT2D eigenvalue weighted by Gasteiger charge is 2.37. The smallest absolute Gasteiger partial charge is 0.306 e. The van der Waals surface area contributed by atoms with Crippen LogP contribution in [0.25, 0.3) is 0 Å². The number of carboxylic acid groups (broad SMARTS) is 1. The lowest BCUT2D eigenvalue weighted by molar-refractivity contribution is -0.145. The maximum atomic E-state index is 12.5. The molecule has 118 valence electrons. The van der Waals surface area contributed by atoms with Crippen molar-refractivity contribution in [1.82, 2.24) is 4.90 Å². The van der Waals surface area contributed by atoms with Gasteiger partial charge in [0, 0.05) is 18.7 Å². The lowest BCUT2D eigenvalue weighted by atomic mass is 9.75. The number of likely N-dealkylation sites (tertiary alicyclic amines) is 1. The standard InChI is InChI=1S/C18H23NO3/c1-3-13-12-19(17(20)14-8-6-5-7-9-14)11-10-16(13)15(4-2)18(21)22/h3,5-9,13,15-16H,1,4,10-12H2,2H3,(H,21,22)/t13-,15?,16?/m0/s1. The van der Waals surface area contributed by atoms with E-state index in [1.807, 2.05) is 42.2 Å². The van der Waals surface area contributed by atoms with E-state index < -0.39 is 5.97 Å². The number of benzene rings is 1. The summed E-state index contributed by atoms with van der Waals surface area (Å²) in [5.74, 6) is -1.02. The Morgan fingerprint density at radius 3 is 2.64 bits per heavy atom. The van der Waals surface area contributed by atoms with Crippen LogP contribution in [0.2, 0.25) is 0 Å². The number of carbonyl (C=O) groups is 2. The molecule has 22 heavy (non-hydrogen) atoms. The van der Waals surface area contributed by atoms with Crippen LogP contribution in [0.5, 0.6) is 0 Å². The second kappa shape index (κ2) is 7.25. The average Bonchev–Trinajstić information content (AvgIpc) is 2.55.